The Bertz CT molecular complexity index is 347. The molecule has 0 bridgehead atoms. The second-order valence-corrected chi connectivity index (χ2v) is 5.54. The third kappa shape index (κ3) is 3.33. The van der Waals surface area contributed by atoms with Crippen molar-refractivity contribution in [3.8, 4) is 0 Å². The number of carboxylic acid groups (broad SMARTS) is 1. The molecule has 0 atom stereocenters. The standard InChI is InChI=1S/C9H12N2O2S/c1-9(2,3)14-8-10-5-4-6(11-8)7(12)13/h4-5H,1-3H3,(H,12,13). The Morgan fingerprint density at radius 1 is 1.50 bits per heavy atom. The molecule has 0 radical (unpaired) electrons. The normalized spacial score (nSPS) is 11.4. The molecule has 0 fully saturated rings. The van der Waals surface area contributed by atoms with E-state index in [-0.39, 0.29) is 10.4 Å². The Kier molecular flexibility index (Phi) is 3.10. The van der Waals surface area contributed by atoms with Crippen LogP contribution in [0.5, 0.6) is 0 Å². The molecule has 0 saturated heterocycles. The van der Waals surface area contributed by atoms with E-state index >= 15 is 0 Å². The topological polar surface area (TPSA) is 63.1 Å². The Morgan fingerprint density at radius 2 is 2.14 bits per heavy atom. The Morgan fingerprint density at radius 3 is 2.64 bits per heavy atom. The number of hydrogen-bond donors (Lipinski definition) is 1. The quantitative estimate of drug-likeness (QED) is 0.600. The SMILES string of the molecule is CC(C)(C)Sc1nccc(C(=O)O)n1. The molecule has 0 aromatic carbocycles. The van der Waals surface area contributed by atoms with Gasteiger partial charge >= 0.3 is 5.97 Å². The molecule has 4 nitrogen and oxygen atoms in total. The van der Waals surface area contributed by atoms with E-state index in [1.807, 2.05) is 20.8 Å². The van der Waals surface area contributed by atoms with E-state index in [4.69, 9.17) is 5.11 Å². The lowest BCUT2D eigenvalue weighted by molar-refractivity contribution is 0.0689. The number of rotatable bonds is 2. The Hall–Kier alpha value is -1.10. The molecule has 1 N–H and O–H groups in total. The van der Waals surface area contributed by atoms with Gasteiger partial charge in [0.05, 0.1) is 0 Å². The van der Waals surface area contributed by atoms with Crippen LogP contribution in [0.3, 0.4) is 0 Å². The van der Waals surface area contributed by atoms with Gasteiger partial charge in [0.2, 0.25) is 0 Å². The fourth-order valence-corrected chi connectivity index (χ4v) is 1.59. The van der Waals surface area contributed by atoms with Crippen LogP contribution in [0.4, 0.5) is 0 Å². The van der Waals surface area contributed by atoms with E-state index in [9.17, 15) is 4.79 Å². The molecule has 0 spiro atoms. The van der Waals surface area contributed by atoms with E-state index in [2.05, 4.69) is 9.97 Å². The minimum atomic E-state index is -1.02. The summed E-state index contributed by atoms with van der Waals surface area (Å²) in [4.78, 5) is 18.5. The number of carbonyl (C=O) groups is 1. The molecule has 0 aliphatic heterocycles. The van der Waals surface area contributed by atoms with Crippen molar-refractivity contribution in [2.24, 2.45) is 0 Å². The predicted molar refractivity (Wildman–Crippen MR) is 54.6 cm³/mol. The molecule has 0 unspecified atom stereocenters. The number of aromatic nitrogens is 2. The van der Waals surface area contributed by atoms with Gasteiger partial charge in [-0.05, 0) is 6.07 Å². The predicted octanol–water partition coefficient (Wildman–Crippen LogP) is 2.07. The van der Waals surface area contributed by atoms with Crippen LogP contribution in [0.1, 0.15) is 31.3 Å². The van der Waals surface area contributed by atoms with Gasteiger partial charge < -0.3 is 5.11 Å². The molecule has 1 aromatic heterocycles. The number of aromatic carboxylic acids is 1. The molecule has 0 saturated carbocycles. The molecule has 14 heavy (non-hydrogen) atoms. The third-order valence-corrected chi connectivity index (χ3v) is 2.24. The summed E-state index contributed by atoms with van der Waals surface area (Å²) in [5.41, 5.74) is 0.0340. The molecular formula is C9H12N2O2S. The summed E-state index contributed by atoms with van der Waals surface area (Å²) < 4.78 is -0.0167. The van der Waals surface area contributed by atoms with Gasteiger partial charge in [0, 0.05) is 10.9 Å². The van der Waals surface area contributed by atoms with Crippen molar-refractivity contribution in [2.45, 2.75) is 30.7 Å². The molecule has 76 valence electrons. The molecule has 0 aliphatic carbocycles. The minimum Gasteiger partial charge on any atom is -0.477 e. The maximum atomic E-state index is 10.6. The highest BCUT2D eigenvalue weighted by Crippen LogP contribution is 2.28. The van der Waals surface area contributed by atoms with Gasteiger partial charge in [-0.3, -0.25) is 0 Å². The van der Waals surface area contributed by atoms with Gasteiger partial charge in [0.1, 0.15) is 0 Å². The van der Waals surface area contributed by atoms with Crippen molar-refractivity contribution in [3.63, 3.8) is 0 Å². The number of nitrogens with zero attached hydrogens (tertiary/aromatic N) is 2. The highest BCUT2D eigenvalue weighted by atomic mass is 32.2. The molecule has 1 heterocycles. The fourth-order valence-electron chi connectivity index (χ4n) is 0.783. The van der Waals surface area contributed by atoms with Crippen molar-refractivity contribution in [3.05, 3.63) is 18.0 Å². The highest BCUT2D eigenvalue weighted by molar-refractivity contribution is 8.00. The lowest BCUT2D eigenvalue weighted by Gasteiger charge is -2.15. The zero-order chi connectivity index (χ0) is 10.8. The van der Waals surface area contributed by atoms with E-state index in [0.717, 1.165) is 0 Å². The van der Waals surface area contributed by atoms with E-state index in [1.165, 1.54) is 24.0 Å². The van der Waals surface area contributed by atoms with Crippen molar-refractivity contribution in [1.29, 1.82) is 0 Å². The zero-order valence-electron chi connectivity index (χ0n) is 8.31. The van der Waals surface area contributed by atoms with Crippen molar-refractivity contribution in [2.75, 3.05) is 0 Å². The smallest absolute Gasteiger partial charge is 0.354 e. The maximum absolute atomic E-state index is 10.6. The summed E-state index contributed by atoms with van der Waals surface area (Å²) >= 11 is 1.45. The molecular weight excluding hydrogens is 200 g/mol. The summed E-state index contributed by atoms with van der Waals surface area (Å²) in [6, 6.07) is 1.38. The molecule has 0 amide bonds. The lowest BCUT2D eigenvalue weighted by Crippen LogP contribution is -2.09. The number of hydrogen-bond acceptors (Lipinski definition) is 4. The second-order valence-electron chi connectivity index (χ2n) is 3.74. The van der Waals surface area contributed by atoms with Crippen LogP contribution in [0.2, 0.25) is 0 Å². The average Bonchev–Trinajstić information content (AvgIpc) is 2.01. The van der Waals surface area contributed by atoms with Crippen LogP contribution in [-0.4, -0.2) is 25.8 Å². The summed E-state index contributed by atoms with van der Waals surface area (Å²) in [6.45, 7) is 6.07. The first-order chi connectivity index (χ1) is 6.38. The van der Waals surface area contributed by atoms with Gasteiger partial charge in [-0.1, -0.05) is 32.5 Å². The van der Waals surface area contributed by atoms with Gasteiger partial charge in [0.25, 0.3) is 0 Å². The molecule has 1 rings (SSSR count). The number of carboxylic acids is 1. The minimum absolute atomic E-state index is 0.0167. The summed E-state index contributed by atoms with van der Waals surface area (Å²) in [7, 11) is 0. The van der Waals surface area contributed by atoms with Crippen LogP contribution in [-0.2, 0) is 0 Å². The lowest BCUT2D eigenvalue weighted by atomic mass is 10.3. The van der Waals surface area contributed by atoms with Gasteiger partial charge in [0.15, 0.2) is 10.9 Å². The first-order valence-corrected chi connectivity index (χ1v) is 4.95. The summed E-state index contributed by atoms with van der Waals surface area (Å²) in [6.07, 6.45) is 1.46. The van der Waals surface area contributed by atoms with E-state index in [0.29, 0.717) is 5.16 Å². The summed E-state index contributed by atoms with van der Waals surface area (Å²) in [5, 5.41) is 9.21. The molecule has 0 aliphatic rings. The Labute approximate surface area is 86.8 Å². The monoisotopic (exact) mass is 212 g/mol. The van der Waals surface area contributed by atoms with Crippen LogP contribution in [0, 0.1) is 0 Å². The first kappa shape index (κ1) is 11.0. The maximum Gasteiger partial charge on any atom is 0.354 e. The van der Waals surface area contributed by atoms with Gasteiger partial charge in [-0.2, -0.15) is 0 Å². The van der Waals surface area contributed by atoms with Crippen LogP contribution in [0.15, 0.2) is 17.4 Å². The van der Waals surface area contributed by atoms with Crippen LogP contribution < -0.4 is 0 Å². The largest absolute Gasteiger partial charge is 0.477 e. The third-order valence-electron chi connectivity index (χ3n) is 1.25. The van der Waals surface area contributed by atoms with Gasteiger partial charge in [-0.15, -0.1) is 0 Å². The van der Waals surface area contributed by atoms with Crippen molar-refractivity contribution < 1.29 is 9.90 Å². The fraction of sp³-hybridized carbons (Fsp3) is 0.444. The van der Waals surface area contributed by atoms with Crippen LogP contribution >= 0.6 is 11.8 Å². The van der Waals surface area contributed by atoms with Crippen molar-refractivity contribution in [1.82, 2.24) is 9.97 Å². The van der Waals surface area contributed by atoms with Crippen molar-refractivity contribution >= 4 is 17.7 Å². The second kappa shape index (κ2) is 3.96. The molecule has 1 aromatic rings. The Balaban J connectivity index is 2.89. The first-order valence-electron chi connectivity index (χ1n) is 4.14. The average molecular weight is 212 g/mol. The van der Waals surface area contributed by atoms with E-state index < -0.39 is 5.97 Å². The van der Waals surface area contributed by atoms with E-state index in [1.54, 1.807) is 0 Å². The number of thioether (sulfide) groups is 1. The summed E-state index contributed by atoms with van der Waals surface area (Å²) in [5.74, 6) is -1.02. The zero-order valence-corrected chi connectivity index (χ0v) is 9.13. The van der Waals surface area contributed by atoms with Gasteiger partial charge in [-0.25, -0.2) is 14.8 Å². The highest BCUT2D eigenvalue weighted by Gasteiger charge is 2.15. The van der Waals surface area contributed by atoms with Crippen LogP contribution in [0.25, 0.3) is 0 Å². The molecule has 5 heteroatoms.